The molecule has 0 radical (unpaired) electrons. The number of carbonyl (C=O) groups is 1. The van der Waals surface area contributed by atoms with Crippen molar-refractivity contribution >= 4 is 28.6 Å². The van der Waals surface area contributed by atoms with Crippen LogP contribution in [0.2, 0.25) is 0 Å². The molecule has 3 aromatic rings. The van der Waals surface area contributed by atoms with Crippen molar-refractivity contribution in [3.05, 3.63) is 77.9 Å². The Hall–Kier alpha value is -2.77. The van der Waals surface area contributed by atoms with Gasteiger partial charge in [-0.1, -0.05) is 66.6 Å². The third-order valence-electron chi connectivity index (χ3n) is 4.81. The molecule has 28 heavy (non-hydrogen) atoms. The van der Waals surface area contributed by atoms with Crippen LogP contribution in [0.4, 0.5) is 0 Å². The second-order valence-electron chi connectivity index (χ2n) is 6.94. The average molecular weight is 389 g/mol. The van der Waals surface area contributed by atoms with Gasteiger partial charge in [0.05, 0.1) is 12.0 Å². The minimum atomic E-state index is -0.221. The number of hydrogen-bond donors (Lipinski definition) is 1. The first-order valence-corrected chi connectivity index (χ1v) is 10.4. The number of benzene rings is 3. The van der Waals surface area contributed by atoms with Gasteiger partial charge in [-0.15, -0.1) is 0 Å². The van der Waals surface area contributed by atoms with Crippen molar-refractivity contribution in [1.29, 1.82) is 5.26 Å². The number of unbranched alkanes of at least 4 members (excludes halogenated alkanes) is 2. The molecule has 142 valence electrons. The molecule has 0 fully saturated rings. The molecule has 0 aliphatic heterocycles. The van der Waals surface area contributed by atoms with Crippen LogP contribution >= 0.6 is 11.9 Å². The number of rotatable bonds is 8. The third kappa shape index (κ3) is 5.37. The van der Waals surface area contributed by atoms with E-state index in [4.69, 9.17) is 5.26 Å². The Kier molecular flexibility index (Phi) is 7.11. The zero-order chi connectivity index (χ0) is 19.8. The van der Waals surface area contributed by atoms with Gasteiger partial charge < -0.3 is 0 Å². The number of nitriles is 1. The zero-order valence-electron chi connectivity index (χ0n) is 16.0. The summed E-state index contributed by atoms with van der Waals surface area (Å²) in [4.78, 5) is 14.0. The Morgan fingerprint density at radius 2 is 1.79 bits per heavy atom. The molecule has 0 saturated carbocycles. The summed E-state index contributed by atoms with van der Waals surface area (Å²) >= 11 is 1.36. The van der Waals surface area contributed by atoms with Gasteiger partial charge in [0.25, 0.3) is 0 Å². The van der Waals surface area contributed by atoms with E-state index in [1.165, 1.54) is 22.9 Å². The maximum Gasteiger partial charge on any atom is 0.237 e. The first kappa shape index (κ1) is 20.0. The molecule has 0 aromatic heterocycles. The Bertz CT molecular complexity index is 976. The van der Waals surface area contributed by atoms with Crippen molar-refractivity contribution in [3.8, 4) is 6.07 Å². The number of nitrogens with one attached hydrogen (secondary N) is 1. The second kappa shape index (κ2) is 9.96. The van der Waals surface area contributed by atoms with Crippen LogP contribution in [0.1, 0.15) is 42.7 Å². The number of nitrogens with zero attached hydrogens (tertiary/aromatic N) is 1. The van der Waals surface area contributed by atoms with Gasteiger partial charge in [0.15, 0.2) is 0 Å². The maximum atomic E-state index is 13.0. The van der Waals surface area contributed by atoms with E-state index in [0.717, 1.165) is 35.1 Å². The predicted molar refractivity (Wildman–Crippen MR) is 116 cm³/mol. The number of amides is 1. The lowest BCUT2D eigenvalue weighted by Crippen LogP contribution is -2.24. The highest BCUT2D eigenvalue weighted by molar-refractivity contribution is 7.98. The molecule has 3 rings (SSSR count). The summed E-state index contributed by atoms with van der Waals surface area (Å²) in [6.45, 7) is 2.05. The van der Waals surface area contributed by atoms with E-state index >= 15 is 0 Å². The van der Waals surface area contributed by atoms with E-state index in [-0.39, 0.29) is 11.8 Å². The summed E-state index contributed by atoms with van der Waals surface area (Å²) in [5.41, 5.74) is 2.22. The zero-order valence-corrected chi connectivity index (χ0v) is 16.8. The van der Waals surface area contributed by atoms with Crippen molar-refractivity contribution in [2.75, 3.05) is 0 Å². The van der Waals surface area contributed by atoms with E-state index in [2.05, 4.69) is 35.1 Å². The molecule has 1 N–H and O–H groups in total. The normalized spacial score (nSPS) is 11.7. The number of fused-ring (bicyclic) bond motifs is 1. The quantitative estimate of drug-likeness (QED) is 0.372. The highest BCUT2D eigenvalue weighted by Gasteiger charge is 2.21. The van der Waals surface area contributed by atoms with E-state index in [9.17, 15) is 4.79 Å². The van der Waals surface area contributed by atoms with E-state index < -0.39 is 0 Å². The summed E-state index contributed by atoms with van der Waals surface area (Å²) < 4.78 is 3.02. The molecule has 4 heteroatoms. The fourth-order valence-corrected chi connectivity index (χ4v) is 3.85. The van der Waals surface area contributed by atoms with Gasteiger partial charge in [0, 0.05) is 11.3 Å². The maximum absolute atomic E-state index is 13.0. The van der Waals surface area contributed by atoms with Crippen LogP contribution in [0.15, 0.2) is 71.6 Å². The molecule has 3 nitrogen and oxygen atoms in total. The largest absolute Gasteiger partial charge is 0.295 e. The van der Waals surface area contributed by atoms with Gasteiger partial charge in [0.2, 0.25) is 5.91 Å². The topological polar surface area (TPSA) is 52.9 Å². The van der Waals surface area contributed by atoms with Crippen molar-refractivity contribution in [2.24, 2.45) is 0 Å². The van der Waals surface area contributed by atoms with E-state index in [1.54, 1.807) is 0 Å². The van der Waals surface area contributed by atoms with E-state index in [0.29, 0.717) is 6.42 Å². The highest BCUT2D eigenvalue weighted by Crippen LogP contribution is 2.28. The van der Waals surface area contributed by atoms with Crippen molar-refractivity contribution in [1.82, 2.24) is 4.72 Å². The third-order valence-corrected chi connectivity index (χ3v) is 5.63. The lowest BCUT2D eigenvalue weighted by atomic mass is 9.91. The molecule has 3 aromatic carbocycles. The molecule has 0 heterocycles. The summed E-state index contributed by atoms with van der Waals surface area (Å²) in [6, 6.07) is 24.7. The SMILES string of the molecule is Cc1ccc(SNC(=O)C(CCCCC#N)c2ccc3ccccc3c2)cc1. The minimum absolute atomic E-state index is 0.0119. The van der Waals surface area contributed by atoms with Crippen LogP contribution < -0.4 is 4.72 Å². The number of aryl methyl sites for hydroxylation is 1. The standard InChI is InChI=1S/C24H24N2OS/c1-18-10-14-22(15-11-18)28-26-24(27)23(9-3-2-6-16-25)21-13-12-19-7-4-5-8-20(19)17-21/h4-5,7-8,10-15,17,23H,2-3,6,9H2,1H3,(H,26,27). The summed E-state index contributed by atoms with van der Waals surface area (Å²) in [6.07, 6.45) is 2.94. The fraction of sp³-hybridized carbons (Fsp3) is 0.250. The molecule has 0 saturated heterocycles. The predicted octanol–water partition coefficient (Wildman–Crippen LogP) is 6.14. The molecule has 1 unspecified atom stereocenters. The Labute approximate surface area is 170 Å². The van der Waals surface area contributed by atoms with Gasteiger partial charge in [-0.2, -0.15) is 5.26 Å². The Morgan fingerprint density at radius 3 is 2.54 bits per heavy atom. The van der Waals surface area contributed by atoms with Gasteiger partial charge in [-0.05, 0) is 60.2 Å². The highest BCUT2D eigenvalue weighted by atomic mass is 32.2. The Balaban J connectivity index is 1.75. The lowest BCUT2D eigenvalue weighted by Gasteiger charge is -2.17. The van der Waals surface area contributed by atoms with Gasteiger partial charge in [-0.25, -0.2) is 0 Å². The first-order valence-electron chi connectivity index (χ1n) is 9.56. The van der Waals surface area contributed by atoms with Gasteiger partial charge in [-0.3, -0.25) is 9.52 Å². The molecule has 1 amide bonds. The minimum Gasteiger partial charge on any atom is -0.295 e. The van der Waals surface area contributed by atoms with Crippen LogP contribution in [0.5, 0.6) is 0 Å². The lowest BCUT2D eigenvalue weighted by molar-refractivity contribution is -0.120. The molecule has 0 spiro atoms. The van der Waals surface area contributed by atoms with Crippen LogP contribution in [0, 0.1) is 18.3 Å². The molecular formula is C24H24N2OS. The van der Waals surface area contributed by atoms with Crippen molar-refractivity contribution < 1.29 is 4.79 Å². The fourth-order valence-electron chi connectivity index (χ4n) is 3.21. The van der Waals surface area contributed by atoms with Crippen molar-refractivity contribution in [3.63, 3.8) is 0 Å². The molecule has 0 bridgehead atoms. The summed E-state index contributed by atoms with van der Waals surface area (Å²) in [7, 11) is 0. The monoisotopic (exact) mass is 388 g/mol. The van der Waals surface area contributed by atoms with Gasteiger partial charge >= 0.3 is 0 Å². The molecule has 1 atom stereocenters. The van der Waals surface area contributed by atoms with Crippen LogP contribution in [0.25, 0.3) is 10.8 Å². The number of carbonyl (C=O) groups excluding carboxylic acids is 1. The molecule has 0 aliphatic carbocycles. The second-order valence-corrected chi connectivity index (χ2v) is 7.82. The van der Waals surface area contributed by atoms with Crippen LogP contribution in [-0.2, 0) is 4.79 Å². The summed E-state index contributed by atoms with van der Waals surface area (Å²) in [5, 5.41) is 11.1. The van der Waals surface area contributed by atoms with E-state index in [1.807, 2.05) is 49.4 Å². The smallest absolute Gasteiger partial charge is 0.237 e. The Morgan fingerprint density at radius 1 is 1.04 bits per heavy atom. The van der Waals surface area contributed by atoms with Gasteiger partial charge in [0.1, 0.15) is 0 Å². The van der Waals surface area contributed by atoms with Crippen molar-refractivity contribution in [2.45, 2.75) is 43.4 Å². The van der Waals surface area contributed by atoms with Crippen LogP contribution in [0.3, 0.4) is 0 Å². The first-order chi connectivity index (χ1) is 13.7. The summed E-state index contributed by atoms with van der Waals surface area (Å²) in [5.74, 6) is -0.209. The number of hydrogen-bond acceptors (Lipinski definition) is 3. The van der Waals surface area contributed by atoms with Crippen LogP contribution in [-0.4, -0.2) is 5.91 Å². The molecule has 0 aliphatic rings. The average Bonchev–Trinajstić information content (AvgIpc) is 2.73. The molecular weight excluding hydrogens is 364 g/mol.